The summed E-state index contributed by atoms with van der Waals surface area (Å²) in [6.07, 6.45) is 0.939. The van der Waals surface area contributed by atoms with E-state index in [1.54, 1.807) is 6.26 Å². The average molecular weight is 216 g/mol. The Morgan fingerprint density at radius 2 is 1.81 bits per heavy atom. The molecule has 0 aliphatic carbocycles. The molecule has 2 rings (SSSR count). The zero-order valence-electron chi connectivity index (χ0n) is 9.82. The van der Waals surface area contributed by atoms with Crippen molar-refractivity contribution in [3.05, 3.63) is 58.5 Å². The molecule has 1 aromatic carbocycles. The molecule has 2 heteroatoms. The summed E-state index contributed by atoms with van der Waals surface area (Å²) in [6, 6.07) is 7.93. The number of hydrogen-bond acceptors (Lipinski definition) is 2. The zero-order valence-corrected chi connectivity index (χ0v) is 9.82. The van der Waals surface area contributed by atoms with Gasteiger partial charge in [-0.05, 0) is 43.5 Å². The van der Waals surface area contributed by atoms with E-state index in [-0.39, 0.29) is 0 Å². The molecule has 84 valence electrons. The Labute approximate surface area is 95.5 Å². The lowest BCUT2D eigenvalue weighted by molar-refractivity contribution is 0.187. The van der Waals surface area contributed by atoms with E-state index in [1.807, 2.05) is 45.0 Å². The van der Waals surface area contributed by atoms with Gasteiger partial charge >= 0.3 is 0 Å². The van der Waals surface area contributed by atoms with Crippen LogP contribution in [-0.2, 0) is 0 Å². The van der Waals surface area contributed by atoms with Crippen LogP contribution in [-0.4, -0.2) is 5.11 Å². The summed E-state index contributed by atoms with van der Waals surface area (Å²) in [5.74, 6) is 0.633. The second-order valence-corrected chi connectivity index (χ2v) is 4.23. The minimum absolute atomic E-state index is 0.633. The van der Waals surface area contributed by atoms with E-state index in [4.69, 9.17) is 4.42 Å². The van der Waals surface area contributed by atoms with Gasteiger partial charge in [0.15, 0.2) is 0 Å². The van der Waals surface area contributed by atoms with E-state index in [1.165, 1.54) is 0 Å². The van der Waals surface area contributed by atoms with Crippen LogP contribution in [0, 0.1) is 20.8 Å². The lowest BCUT2D eigenvalue weighted by atomic mass is 9.98. The standard InChI is InChI=1S/C14H16O2/c1-9-4-5-10(2)12(8-9)13(15)14-11(3)6-7-16-14/h4-8,13,15H,1-3H3. The zero-order chi connectivity index (χ0) is 11.7. The van der Waals surface area contributed by atoms with Crippen LogP contribution in [0.1, 0.15) is 34.1 Å². The Balaban J connectivity index is 2.45. The minimum atomic E-state index is -0.671. The molecule has 2 aromatic rings. The van der Waals surface area contributed by atoms with Gasteiger partial charge in [-0.25, -0.2) is 0 Å². The second kappa shape index (κ2) is 4.14. The predicted octanol–water partition coefficient (Wildman–Crippen LogP) is 3.29. The Kier molecular flexibility index (Phi) is 2.84. The van der Waals surface area contributed by atoms with Crippen molar-refractivity contribution in [3.8, 4) is 0 Å². The summed E-state index contributed by atoms with van der Waals surface area (Å²) >= 11 is 0. The van der Waals surface area contributed by atoms with Crippen molar-refractivity contribution >= 4 is 0 Å². The highest BCUT2D eigenvalue weighted by atomic mass is 16.4. The number of aliphatic hydroxyl groups excluding tert-OH is 1. The molecular weight excluding hydrogens is 200 g/mol. The van der Waals surface area contributed by atoms with Gasteiger partial charge in [-0.3, -0.25) is 0 Å². The number of aryl methyl sites for hydroxylation is 3. The van der Waals surface area contributed by atoms with Crippen molar-refractivity contribution in [1.29, 1.82) is 0 Å². The largest absolute Gasteiger partial charge is 0.466 e. The number of benzene rings is 1. The molecule has 1 heterocycles. The van der Waals surface area contributed by atoms with Crippen LogP contribution in [0.25, 0.3) is 0 Å². The van der Waals surface area contributed by atoms with Gasteiger partial charge in [0.25, 0.3) is 0 Å². The third kappa shape index (κ3) is 1.89. The van der Waals surface area contributed by atoms with Gasteiger partial charge in [-0.2, -0.15) is 0 Å². The van der Waals surface area contributed by atoms with E-state index in [0.29, 0.717) is 5.76 Å². The van der Waals surface area contributed by atoms with Crippen LogP contribution in [0.4, 0.5) is 0 Å². The maximum Gasteiger partial charge on any atom is 0.139 e. The van der Waals surface area contributed by atoms with Crippen LogP contribution >= 0.6 is 0 Å². The SMILES string of the molecule is Cc1ccc(C)c(C(O)c2occc2C)c1. The fraction of sp³-hybridized carbons (Fsp3) is 0.286. The first-order chi connectivity index (χ1) is 7.59. The lowest BCUT2D eigenvalue weighted by Crippen LogP contribution is -2.02. The molecule has 1 N–H and O–H groups in total. The van der Waals surface area contributed by atoms with E-state index in [0.717, 1.165) is 22.3 Å². The number of furan rings is 1. The van der Waals surface area contributed by atoms with Crippen LogP contribution in [0.2, 0.25) is 0 Å². The molecule has 1 unspecified atom stereocenters. The van der Waals surface area contributed by atoms with E-state index < -0.39 is 6.10 Å². The van der Waals surface area contributed by atoms with Crippen LogP contribution in [0.15, 0.2) is 34.9 Å². The Hall–Kier alpha value is -1.54. The van der Waals surface area contributed by atoms with Crippen molar-refractivity contribution in [2.45, 2.75) is 26.9 Å². The first-order valence-corrected chi connectivity index (χ1v) is 5.39. The molecule has 0 amide bonds. The highest BCUT2D eigenvalue weighted by Crippen LogP contribution is 2.28. The molecular formula is C14H16O2. The van der Waals surface area contributed by atoms with E-state index in [2.05, 4.69) is 0 Å². The first-order valence-electron chi connectivity index (χ1n) is 5.39. The summed E-state index contributed by atoms with van der Waals surface area (Å²) in [5.41, 5.74) is 4.12. The summed E-state index contributed by atoms with van der Waals surface area (Å²) in [5, 5.41) is 10.3. The number of rotatable bonds is 2. The predicted molar refractivity (Wildman–Crippen MR) is 63.4 cm³/mol. The highest BCUT2D eigenvalue weighted by Gasteiger charge is 2.17. The molecule has 1 aromatic heterocycles. The topological polar surface area (TPSA) is 33.4 Å². The molecule has 0 fully saturated rings. The summed E-state index contributed by atoms with van der Waals surface area (Å²) < 4.78 is 5.33. The molecule has 0 saturated heterocycles. The van der Waals surface area contributed by atoms with Gasteiger partial charge < -0.3 is 9.52 Å². The minimum Gasteiger partial charge on any atom is -0.466 e. The normalized spacial score (nSPS) is 12.8. The molecule has 0 aliphatic heterocycles. The third-order valence-electron chi connectivity index (χ3n) is 2.88. The van der Waals surface area contributed by atoms with Gasteiger partial charge in [0.1, 0.15) is 11.9 Å². The Morgan fingerprint density at radius 3 is 2.44 bits per heavy atom. The summed E-state index contributed by atoms with van der Waals surface area (Å²) in [7, 11) is 0. The molecule has 1 atom stereocenters. The summed E-state index contributed by atoms with van der Waals surface area (Å²) in [4.78, 5) is 0. The van der Waals surface area contributed by atoms with Gasteiger partial charge in [0.05, 0.1) is 6.26 Å². The van der Waals surface area contributed by atoms with E-state index in [9.17, 15) is 5.11 Å². The molecule has 0 spiro atoms. The second-order valence-electron chi connectivity index (χ2n) is 4.23. The van der Waals surface area contributed by atoms with E-state index >= 15 is 0 Å². The first kappa shape index (κ1) is 11.0. The number of aliphatic hydroxyl groups is 1. The fourth-order valence-corrected chi connectivity index (χ4v) is 1.86. The van der Waals surface area contributed by atoms with Crippen LogP contribution in [0.3, 0.4) is 0 Å². The van der Waals surface area contributed by atoms with Crippen LogP contribution < -0.4 is 0 Å². The molecule has 0 saturated carbocycles. The third-order valence-corrected chi connectivity index (χ3v) is 2.88. The van der Waals surface area contributed by atoms with Crippen molar-refractivity contribution < 1.29 is 9.52 Å². The Bertz CT molecular complexity index is 497. The maximum atomic E-state index is 10.3. The van der Waals surface area contributed by atoms with Crippen molar-refractivity contribution in [2.75, 3.05) is 0 Å². The van der Waals surface area contributed by atoms with Crippen molar-refractivity contribution in [3.63, 3.8) is 0 Å². The molecule has 0 radical (unpaired) electrons. The molecule has 0 aliphatic rings. The quantitative estimate of drug-likeness (QED) is 0.835. The van der Waals surface area contributed by atoms with Gasteiger partial charge in [-0.1, -0.05) is 23.8 Å². The highest BCUT2D eigenvalue weighted by molar-refractivity contribution is 5.37. The van der Waals surface area contributed by atoms with Crippen LogP contribution in [0.5, 0.6) is 0 Å². The number of hydrogen-bond donors (Lipinski definition) is 1. The van der Waals surface area contributed by atoms with Crippen molar-refractivity contribution in [2.24, 2.45) is 0 Å². The fourth-order valence-electron chi connectivity index (χ4n) is 1.86. The molecule has 2 nitrogen and oxygen atoms in total. The monoisotopic (exact) mass is 216 g/mol. The molecule has 0 bridgehead atoms. The average Bonchev–Trinajstić information content (AvgIpc) is 2.67. The van der Waals surface area contributed by atoms with Gasteiger partial charge in [-0.15, -0.1) is 0 Å². The Morgan fingerprint density at radius 1 is 1.06 bits per heavy atom. The van der Waals surface area contributed by atoms with Gasteiger partial charge in [0.2, 0.25) is 0 Å². The maximum absolute atomic E-state index is 10.3. The van der Waals surface area contributed by atoms with Gasteiger partial charge in [0, 0.05) is 0 Å². The smallest absolute Gasteiger partial charge is 0.139 e. The molecule has 16 heavy (non-hydrogen) atoms. The summed E-state index contributed by atoms with van der Waals surface area (Å²) in [6.45, 7) is 5.95. The lowest BCUT2D eigenvalue weighted by Gasteiger charge is -2.13. The van der Waals surface area contributed by atoms with Crippen molar-refractivity contribution in [1.82, 2.24) is 0 Å².